The van der Waals surface area contributed by atoms with Gasteiger partial charge in [-0.2, -0.15) is 0 Å². The van der Waals surface area contributed by atoms with E-state index in [-0.39, 0.29) is 19.1 Å². The molecule has 2 heterocycles. The van der Waals surface area contributed by atoms with Crippen LogP contribution in [0.25, 0.3) is 31.5 Å². The molecule has 0 spiro atoms. The standard InChI is InChI=1S/C17H13N3O2S/c21-8-7-18-16(22)10-5-6-14-11(9-10)15-17(23-14)20-13-4-2-1-3-12(13)19-15/h1-6,9,21H,7-8H2,(H,18,22). The summed E-state index contributed by atoms with van der Waals surface area (Å²) in [5.74, 6) is -0.200. The molecule has 0 aliphatic carbocycles. The van der Waals surface area contributed by atoms with Gasteiger partial charge in [-0.3, -0.25) is 4.79 Å². The van der Waals surface area contributed by atoms with Gasteiger partial charge in [0, 0.05) is 22.2 Å². The van der Waals surface area contributed by atoms with Gasteiger partial charge < -0.3 is 10.4 Å². The van der Waals surface area contributed by atoms with Crippen LogP contribution in [-0.2, 0) is 0 Å². The predicted octanol–water partition coefficient (Wildman–Crippen LogP) is 2.72. The number of amides is 1. The SMILES string of the molecule is O=C(NCCO)c1ccc2sc3nc4ccccc4nc3c2c1. The molecular weight excluding hydrogens is 310 g/mol. The molecule has 0 aliphatic heterocycles. The number of carbonyl (C=O) groups excluding carboxylic acids is 1. The molecular formula is C17H13N3O2S. The highest BCUT2D eigenvalue weighted by molar-refractivity contribution is 7.25. The van der Waals surface area contributed by atoms with Crippen LogP contribution >= 0.6 is 11.3 Å². The minimum atomic E-state index is -0.200. The number of nitrogens with one attached hydrogen (secondary N) is 1. The third kappa shape index (κ3) is 2.42. The van der Waals surface area contributed by atoms with Crippen LogP contribution in [-0.4, -0.2) is 34.1 Å². The second-order valence-corrected chi connectivity index (χ2v) is 6.19. The Morgan fingerprint density at radius 3 is 2.70 bits per heavy atom. The lowest BCUT2D eigenvalue weighted by molar-refractivity contribution is 0.0945. The van der Waals surface area contributed by atoms with Gasteiger partial charge in [-0.1, -0.05) is 12.1 Å². The van der Waals surface area contributed by atoms with Gasteiger partial charge in [0.15, 0.2) is 0 Å². The summed E-state index contributed by atoms with van der Waals surface area (Å²) < 4.78 is 1.05. The Kier molecular flexibility index (Phi) is 3.40. The molecule has 6 heteroatoms. The topological polar surface area (TPSA) is 75.1 Å². The summed E-state index contributed by atoms with van der Waals surface area (Å²) in [6, 6.07) is 13.3. The number of hydrogen-bond donors (Lipinski definition) is 2. The van der Waals surface area contributed by atoms with Crippen LogP contribution in [0.4, 0.5) is 0 Å². The first-order valence-corrected chi connectivity index (χ1v) is 8.06. The molecule has 114 valence electrons. The van der Waals surface area contributed by atoms with Crippen LogP contribution in [0.3, 0.4) is 0 Å². The van der Waals surface area contributed by atoms with E-state index in [2.05, 4.69) is 10.3 Å². The summed E-state index contributed by atoms with van der Waals surface area (Å²) in [5.41, 5.74) is 3.09. The normalized spacial score (nSPS) is 11.3. The highest BCUT2D eigenvalue weighted by atomic mass is 32.1. The number of nitrogens with zero attached hydrogens (tertiary/aromatic N) is 2. The summed E-state index contributed by atoms with van der Waals surface area (Å²) in [4.78, 5) is 22.3. The molecule has 0 saturated heterocycles. The summed E-state index contributed by atoms with van der Waals surface area (Å²) in [6.45, 7) is 0.165. The van der Waals surface area contributed by atoms with Gasteiger partial charge in [-0.15, -0.1) is 11.3 Å². The van der Waals surface area contributed by atoms with E-state index in [9.17, 15) is 4.79 Å². The van der Waals surface area contributed by atoms with Crippen LogP contribution in [0.1, 0.15) is 10.4 Å². The van der Waals surface area contributed by atoms with Crippen molar-refractivity contribution >= 4 is 48.7 Å². The van der Waals surface area contributed by atoms with E-state index in [1.807, 2.05) is 36.4 Å². The molecule has 0 bridgehead atoms. The zero-order valence-electron chi connectivity index (χ0n) is 12.1. The Balaban J connectivity index is 1.90. The van der Waals surface area contributed by atoms with Crippen LogP contribution in [0.5, 0.6) is 0 Å². The number of benzene rings is 2. The van der Waals surface area contributed by atoms with Crippen molar-refractivity contribution in [2.45, 2.75) is 0 Å². The van der Waals surface area contributed by atoms with E-state index in [1.54, 1.807) is 17.4 Å². The Labute approximate surface area is 135 Å². The van der Waals surface area contributed by atoms with Crippen molar-refractivity contribution in [3.8, 4) is 0 Å². The largest absolute Gasteiger partial charge is 0.395 e. The number of fused-ring (bicyclic) bond motifs is 4. The predicted molar refractivity (Wildman–Crippen MR) is 91.8 cm³/mol. The van der Waals surface area contributed by atoms with Crippen molar-refractivity contribution in [2.75, 3.05) is 13.2 Å². The lowest BCUT2D eigenvalue weighted by Gasteiger charge is -2.03. The third-order valence-corrected chi connectivity index (χ3v) is 4.69. The number of aliphatic hydroxyl groups excluding tert-OH is 1. The fourth-order valence-electron chi connectivity index (χ4n) is 2.55. The van der Waals surface area contributed by atoms with Crippen LogP contribution in [0.15, 0.2) is 42.5 Å². The third-order valence-electron chi connectivity index (χ3n) is 3.64. The highest BCUT2D eigenvalue weighted by Crippen LogP contribution is 2.33. The molecule has 0 fully saturated rings. The molecule has 2 N–H and O–H groups in total. The van der Waals surface area contributed by atoms with Crippen molar-refractivity contribution in [1.29, 1.82) is 0 Å². The van der Waals surface area contributed by atoms with E-state index < -0.39 is 0 Å². The number of para-hydroxylation sites is 2. The first-order valence-electron chi connectivity index (χ1n) is 7.24. The summed E-state index contributed by atoms with van der Waals surface area (Å²) in [5, 5.41) is 12.4. The van der Waals surface area contributed by atoms with Crippen LogP contribution in [0.2, 0.25) is 0 Å². The quantitative estimate of drug-likeness (QED) is 0.608. The number of thiophene rings is 1. The maximum Gasteiger partial charge on any atom is 0.251 e. The van der Waals surface area contributed by atoms with E-state index in [0.29, 0.717) is 5.56 Å². The van der Waals surface area contributed by atoms with Gasteiger partial charge in [0.1, 0.15) is 10.3 Å². The minimum Gasteiger partial charge on any atom is -0.395 e. The van der Waals surface area contributed by atoms with Gasteiger partial charge in [-0.05, 0) is 30.3 Å². The molecule has 0 atom stereocenters. The fraction of sp³-hybridized carbons (Fsp3) is 0.118. The fourth-order valence-corrected chi connectivity index (χ4v) is 3.56. The van der Waals surface area contributed by atoms with Crippen molar-refractivity contribution in [1.82, 2.24) is 15.3 Å². The summed E-state index contributed by atoms with van der Waals surface area (Å²) in [6.07, 6.45) is 0. The molecule has 0 saturated carbocycles. The molecule has 23 heavy (non-hydrogen) atoms. The minimum absolute atomic E-state index is 0.0766. The number of hydrogen-bond acceptors (Lipinski definition) is 5. The molecule has 2 aromatic carbocycles. The van der Waals surface area contributed by atoms with Gasteiger partial charge in [0.2, 0.25) is 0 Å². The van der Waals surface area contributed by atoms with E-state index >= 15 is 0 Å². The highest BCUT2D eigenvalue weighted by Gasteiger charge is 2.12. The Hall–Kier alpha value is -2.57. The van der Waals surface area contributed by atoms with Crippen LogP contribution < -0.4 is 5.32 Å². The first kappa shape index (κ1) is 14.0. The van der Waals surface area contributed by atoms with E-state index in [0.717, 1.165) is 31.5 Å². The second-order valence-electron chi connectivity index (χ2n) is 5.16. The molecule has 4 aromatic rings. The zero-order chi connectivity index (χ0) is 15.8. The maximum atomic E-state index is 12.1. The molecule has 4 rings (SSSR count). The number of rotatable bonds is 3. The number of carbonyl (C=O) groups is 1. The lowest BCUT2D eigenvalue weighted by Crippen LogP contribution is -2.26. The number of aromatic nitrogens is 2. The van der Waals surface area contributed by atoms with Crippen molar-refractivity contribution in [3.63, 3.8) is 0 Å². The van der Waals surface area contributed by atoms with E-state index in [4.69, 9.17) is 10.1 Å². The average molecular weight is 323 g/mol. The lowest BCUT2D eigenvalue weighted by atomic mass is 10.1. The number of aliphatic hydroxyl groups is 1. The zero-order valence-corrected chi connectivity index (χ0v) is 12.9. The van der Waals surface area contributed by atoms with E-state index in [1.165, 1.54) is 0 Å². The van der Waals surface area contributed by atoms with Crippen LogP contribution in [0, 0.1) is 0 Å². The summed E-state index contributed by atoms with van der Waals surface area (Å²) in [7, 11) is 0. The Morgan fingerprint density at radius 1 is 1.13 bits per heavy atom. The first-order chi connectivity index (χ1) is 11.3. The second kappa shape index (κ2) is 5.57. The molecule has 0 radical (unpaired) electrons. The van der Waals surface area contributed by atoms with Gasteiger partial charge in [0.05, 0.1) is 17.6 Å². The van der Waals surface area contributed by atoms with Gasteiger partial charge in [0.25, 0.3) is 5.91 Å². The molecule has 2 aromatic heterocycles. The maximum absolute atomic E-state index is 12.1. The molecule has 5 nitrogen and oxygen atoms in total. The van der Waals surface area contributed by atoms with Crippen molar-refractivity contribution in [2.24, 2.45) is 0 Å². The molecule has 0 unspecified atom stereocenters. The van der Waals surface area contributed by atoms with Crippen molar-refractivity contribution < 1.29 is 9.90 Å². The molecule has 1 amide bonds. The Bertz CT molecular complexity index is 1040. The summed E-state index contributed by atoms with van der Waals surface area (Å²) >= 11 is 1.57. The average Bonchev–Trinajstić information content (AvgIpc) is 2.94. The monoisotopic (exact) mass is 323 g/mol. The van der Waals surface area contributed by atoms with Gasteiger partial charge >= 0.3 is 0 Å². The van der Waals surface area contributed by atoms with Gasteiger partial charge in [-0.25, -0.2) is 9.97 Å². The smallest absolute Gasteiger partial charge is 0.251 e. The molecule has 0 aliphatic rings. The Morgan fingerprint density at radius 2 is 1.91 bits per heavy atom. The van der Waals surface area contributed by atoms with Crippen molar-refractivity contribution in [3.05, 3.63) is 48.0 Å².